The van der Waals surface area contributed by atoms with E-state index in [0.29, 0.717) is 0 Å². The van der Waals surface area contributed by atoms with Crippen molar-refractivity contribution in [3.8, 4) is 0 Å². The predicted octanol–water partition coefficient (Wildman–Crippen LogP) is 4.15. The summed E-state index contributed by atoms with van der Waals surface area (Å²) in [7, 11) is 0. The maximum atomic E-state index is 3.83. The normalized spacial score (nSPS) is 11.3. The van der Waals surface area contributed by atoms with Crippen LogP contribution >= 0.6 is 0 Å². The van der Waals surface area contributed by atoms with Crippen LogP contribution in [0.15, 0.2) is 30.9 Å². The molecule has 0 aliphatic carbocycles. The summed E-state index contributed by atoms with van der Waals surface area (Å²) in [6.45, 7) is 7.98. The van der Waals surface area contributed by atoms with Crippen LogP contribution in [0, 0.1) is 6.92 Å². The van der Waals surface area contributed by atoms with Crippen molar-refractivity contribution in [2.75, 3.05) is 0 Å². The topological polar surface area (TPSA) is 15.8 Å². The number of nitrogens with one attached hydrogen (secondary N) is 1. The third kappa shape index (κ3) is 1.50. The SMILES string of the molecule is C=Cc1[nH]c2c(C)cccc2c1/C=C\C. The Balaban J connectivity index is 2.85. The highest BCUT2D eigenvalue weighted by atomic mass is 14.7. The lowest BCUT2D eigenvalue weighted by Crippen LogP contribution is -1.74. The maximum absolute atomic E-state index is 3.83. The van der Waals surface area contributed by atoms with Gasteiger partial charge in [-0.05, 0) is 25.5 Å². The molecule has 0 unspecified atom stereocenters. The number of hydrogen-bond acceptors (Lipinski definition) is 0. The zero-order chi connectivity index (χ0) is 10.8. The monoisotopic (exact) mass is 197 g/mol. The van der Waals surface area contributed by atoms with Gasteiger partial charge in [0.25, 0.3) is 0 Å². The third-order valence-electron chi connectivity index (χ3n) is 2.65. The van der Waals surface area contributed by atoms with Crippen molar-refractivity contribution in [1.82, 2.24) is 4.98 Å². The third-order valence-corrected chi connectivity index (χ3v) is 2.65. The van der Waals surface area contributed by atoms with E-state index in [-0.39, 0.29) is 0 Å². The van der Waals surface area contributed by atoms with E-state index in [4.69, 9.17) is 0 Å². The summed E-state index contributed by atoms with van der Waals surface area (Å²) < 4.78 is 0. The van der Waals surface area contributed by atoms with Crippen molar-refractivity contribution >= 4 is 23.1 Å². The molecule has 0 saturated heterocycles. The van der Waals surface area contributed by atoms with E-state index in [2.05, 4.69) is 48.8 Å². The molecule has 1 aromatic carbocycles. The predicted molar refractivity (Wildman–Crippen MR) is 67.8 cm³/mol. The smallest absolute Gasteiger partial charge is 0.0494 e. The first kappa shape index (κ1) is 9.78. The Hall–Kier alpha value is -1.76. The average molecular weight is 197 g/mol. The van der Waals surface area contributed by atoms with Crippen molar-refractivity contribution in [1.29, 1.82) is 0 Å². The van der Waals surface area contributed by atoms with E-state index < -0.39 is 0 Å². The molecule has 15 heavy (non-hydrogen) atoms. The molecule has 2 rings (SSSR count). The summed E-state index contributed by atoms with van der Waals surface area (Å²) in [5.41, 5.74) is 4.80. The molecule has 1 N–H and O–H groups in total. The number of benzene rings is 1. The van der Waals surface area contributed by atoms with Crippen LogP contribution in [0.4, 0.5) is 0 Å². The Morgan fingerprint density at radius 3 is 2.80 bits per heavy atom. The lowest BCUT2D eigenvalue weighted by atomic mass is 10.1. The Morgan fingerprint density at radius 1 is 1.33 bits per heavy atom. The van der Waals surface area contributed by atoms with Gasteiger partial charge in [-0.15, -0.1) is 0 Å². The Labute approximate surface area is 90.1 Å². The largest absolute Gasteiger partial charge is 0.354 e. The van der Waals surface area contributed by atoms with E-state index in [9.17, 15) is 0 Å². The molecule has 0 atom stereocenters. The highest BCUT2D eigenvalue weighted by Gasteiger charge is 2.07. The molecule has 1 heterocycles. The molecule has 0 bridgehead atoms. The number of hydrogen-bond donors (Lipinski definition) is 1. The first-order valence-electron chi connectivity index (χ1n) is 5.14. The van der Waals surface area contributed by atoms with Crippen LogP contribution in [0.1, 0.15) is 23.7 Å². The molecule has 0 spiro atoms. The molecule has 76 valence electrons. The van der Waals surface area contributed by atoms with Crippen LogP contribution in [0.25, 0.3) is 23.1 Å². The Kier molecular flexibility index (Phi) is 2.46. The van der Waals surface area contributed by atoms with Crippen LogP contribution in [0.3, 0.4) is 0 Å². The van der Waals surface area contributed by atoms with Gasteiger partial charge in [0, 0.05) is 22.2 Å². The fourth-order valence-electron chi connectivity index (χ4n) is 1.91. The highest BCUT2D eigenvalue weighted by molar-refractivity contribution is 5.94. The van der Waals surface area contributed by atoms with E-state index in [1.54, 1.807) is 0 Å². The molecule has 0 radical (unpaired) electrons. The van der Waals surface area contributed by atoms with E-state index in [1.165, 1.54) is 22.0 Å². The van der Waals surface area contributed by atoms with Crippen LogP contribution in [-0.2, 0) is 0 Å². The lowest BCUT2D eigenvalue weighted by Gasteiger charge is -1.95. The van der Waals surface area contributed by atoms with Crippen LogP contribution in [-0.4, -0.2) is 4.98 Å². The first-order valence-corrected chi connectivity index (χ1v) is 5.14. The van der Waals surface area contributed by atoms with Gasteiger partial charge in [-0.1, -0.05) is 36.9 Å². The number of aromatic amines is 1. The number of aryl methyl sites for hydroxylation is 1. The second-order valence-corrected chi connectivity index (χ2v) is 3.65. The van der Waals surface area contributed by atoms with Gasteiger partial charge in [0.2, 0.25) is 0 Å². The summed E-state index contributed by atoms with van der Waals surface area (Å²) >= 11 is 0. The van der Waals surface area contributed by atoms with Gasteiger partial charge >= 0.3 is 0 Å². The fourth-order valence-corrected chi connectivity index (χ4v) is 1.91. The molecule has 0 aliphatic heterocycles. The van der Waals surface area contributed by atoms with Gasteiger partial charge in [0.15, 0.2) is 0 Å². The average Bonchev–Trinajstić information content (AvgIpc) is 2.59. The molecule has 1 heteroatoms. The molecule has 1 nitrogen and oxygen atoms in total. The second kappa shape index (κ2) is 3.77. The molecule has 0 aliphatic rings. The Morgan fingerprint density at radius 2 is 2.13 bits per heavy atom. The standard InChI is InChI=1S/C14H15N/c1-4-7-11-12-9-6-8-10(3)14(12)15-13(11)5-2/h4-9,15H,2H2,1,3H3/b7-4-. The van der Waals surface area contributed by atoms with E-state index in [1.807, 2.05) is 13.0 Å². The summed E-state index contributed by atoms with van der Waals surface area (Å²) in [5, 5.41) is 1.27. The lowest BCUT2D eigenvalue weighted by molar-refractivity contribution is 1.39. The van der Waals surface area contributed by atoms with Crippen molar-refractivity contribution in [3.63, 3.8) is 0 Å². The molecule has 1 aromatic heterocycles. The summed E-state index contributed by atoms with van der Waals surface area (Å²) in [5.74, 6) is 0. The minimum absolute atomic E-state index is 1.09. The highest BCUT2D eigenvalue weighted by Crippen LogP contribution is 2.26. The van der Waals surface area contributed by atoms with Crippen LogP contribution in [0.2, 0.25) is 0 Å². The first-order chi connectivity index (χ1) is 7.27. The van der Waals surface area contributed by atoms with E-state index >= 15 is 0 Å². The molecular formula is C14H15N. The van der Waals surface area contributed by atoms with Gasteiger partial charge in [-0.25, -0.2) is 0 Å². The van der Waals surface area contributed by atoms with Gasteiger partial charge in [0.1, 0.15) is 0 Å². The molecule has 2 aromatic rings. The van der Waals surface area contributed by atoms with Gasteiger partial charge in [0.05, 0.1) is 0 Å². The number of allylic oxidation sites excluding steroid dienone is 1. The number of H-pyrrole nitrogens is 1. The minimum atomic E-state index is 1.09. The number of aromatic nitrogens is 1. The molecule has 0 fully saturated rings. The quantitative estimate of drug-likeness (QED) is 0.744. The number of para-hydroxylation sites is 1. The maximum Gasteiger partial charge on any atom is 0.0494 e. The zero-order valence-corrected chi connectivity index (χ0v) is 9.17. The van der Waals surface area contributed by atoms with Gasteiger partial charge in [-0.3, -0.25) is 0 Å². The van der Waals surface area contributed by atoms with Crippen molar-refractivity contribution in [2.45, 2.75) is 13.8 Å². The molecule has 0 saturated carbocycles. The molecule has 0 amide bonds. The van der Waals surface area contributed by atoms with Gasteiger partial charge < -0.3 is 4.98 Å². The van der Waals surface area contributed by atoms with Crippen molar-refractivity contribution < 1.29 is 0 Å². The van der Waals surface area contributed by atoms with Gasteiger partial charge in [-0.2, -0.15) is 0 Å². The van der Waals surface area contributed by atoms with Crippen LogP contribution in [0.5, 0.6) is 0 Å². The van der Waals surface area contributed by atoms with E-state index in [0.717, 1.165) is 5.69 Å². The Bertz CT molecular complexity index is 530. The van der Waals surface area contributed by atoms with Crippen molar-refractivity contribution in [3.05, 3.63) is 47.7 Å². The number of rotatable bonds is 2. The minimum Gasteiger partial charge on any atom is -0.354 e. The summed E-state index contributed by atoms with van der Waals surface area (Å²) in [4.78, 5) is 3.40. The number of fused-ring (bicyclic) bond motifs is 1. The zero-order valence-electron chi connectivity index (χ0n) is 9.17. The second-order valence-electron chi connectivity index (χ2n) is 3.65. The van der Waals surface area contributed by atoms with Crippen molar-refractivity contribution in [2.24, 2.45) is 0 Å². The molecular weight excluding hydrogens is 182 g/mol. The summed E-state index contributed by atoms with van der Waals surface area (Å²) in [6, 6.07) is 6.34. The fraction of sp³-hybridized carbons (Fsp3) is 0.143. The van der Waals surface area contributed by atoms with Crippen LogP contribution < -0.4 is 0 Å². The summed E-state index contributed by atoms with van der Waals surface area (Å²) in [6.07, 6.45) is 6.04.